The van der Waals surface area contributed by atoms with E-state index >= 15 is 0 Å². The first-order chi connectivity index (χ1) is 9.58. The highest BCUT2D eigenvalue weighted by Crippen LogP contribution is 2.15. The van der Waals surface area contributed by atoms with Gasteiger partial charge in [0.2, 0.25) is 5.91 Å². The van der Waals surface area contributed by atoms with Gasteiger partial charge in [-0.05, 0) is 24.6 Å². The Labute approximate surface area is 120 Å². The van der Waals surface area contributed by atoms with Crippen LogP contribution in [0, 0.1) is 6.92 Å². The number of hydrogen-bond acceptors (Lipinski definition) is 3. The van der Waals surface area contributed by atoms with Crippen LogP contribution in [0.3, 0.4) is 0 Å². The number of carbonyl (C=O) groups is 2. The van der Waals surface area contributed by atoms with Crippen LogP contribution in [-0.2, 0) is 11.2 Å². The van der Waals surface area contributed by atoms with Gasteiger partial charge in [-0.3, -0.25) is 20.4 Å². The summed E-state index contributed by atoms with van der Waals surface area (Å²) < 4.78 is 5.01. The first-order valence-electron chi connectivity index (χ1n) is 5.94. The van der Waals surface area contributed by atoms with Gasteiger partial charge in [-0.2, -0.15) is 0 Å². The van der Waals surface area contributed by atoms with Gasteiger partial charge in [0.15, 0.2) is 0 Å². The van der Waals surface area contributed by atoms with Crippen LogP contribution in [0.4, 0.5) is 0 Å². The van der Waals surface area contributed by atoms with E-state index in [0.29, 0.717) is 21.9 Å². The van der Waals surface area contributed by atoms with Crippen molar-refractivity contribution in [1.82, 2.24) is 10.9 Å². The molecule has 0 atom stereocenters. The lowest BCUT2D eigenvalue weighted by atomic mass is 10.1. The number of furan rings is 1. The fraction of sp³-hybridized carbons (Fsp3) is 0.143. The summed E-state index contributed by atoms with van der Waals surface area (Å²) in [6, 6.07) is 8.57. The molecule has 0 bridgehead atoms. The fourth-order valence-electron chi connectivity index (χ4n) is 1.67. The first-order valence-corrected chi connectivity index (χ1v) is 6.32. The molecule has 2 aromatic rings. The van der Waals surface area contributed by atoms with Crippen molar-refractivity contribution in [1.29, 1.82) is 0 Å². The maximum Gasteiger partial charge on any atom is 0.273 e. The molecule has 0 spiro atoms. The molecule has 104 valence electrons. The molecule has 0 aliphatic heterocycles. The van der Waals surface area contributed by atoms with E-state index in [1.807, 2.05) is 0 Å². The number of nitrogens with one attached hydrogen (secondary N) is 2. The van der Waals surface area contributed by atoms with Crippen LogP contribution >= 0.6 is 11.6 Å². The highest BCUT2D eigenvalue weighted by Gasteiger charge is 2.12. The van der Waals surface area contributed by atoms with Crippen molar-refractivity contribution in [3.8, 4) is 0 Å². The molecule has 0 radical (unpaired) electrons. The van der Waals surface area contributed by atoms with E-state index in [1.54, 1.807) is 31.2 Å². The number of aryl methyl sites for hydroxylation is 1. The summed E-state index contributed by atoms with van der Waals surface area (Å²) in [6.07, 6.45) is 1.50. The predicted octanol–water partition coefficient (Wildman–Crippen LogP) is 2.25. The van der Waals surface area contributed by atoms with E-state index in [0.717, 1.165) is 0 Å². The third kappa shape index (κ3) is 3.39. The lowest BCUT2D eigenvalue weighted by Crippen LogP contribution is -2.42. The minimum atomic E-state index is -0.427. The van der Waals surface area contributed by atoms with Gasteiger partial charge >= 0.3 is 0 Å². The highest BCUT2D eigenvalue weighted by molar-refractivity contribution is 6.31. The molecule has 2 N–H and O–H groups in total. The molecule has 1 heterocycles. The molecule has 6 heteroatoms. The van der Waals surface area contributed by atoms with E-state index in [2.05, 4.69) is 10.9 Å². The van der Waals surface area contributed by atoms with Gasteiger partial charge in [0, 0.05) is 5.02 Å². The second kappa shape index (κ2) is 6.25. The number of rotatable bonds is 3. The van der Waals surface area contributed by atoms with Gasteiger partial charge in [0.25, 0.3) is 5.91 Å². The number of hydrazine groups is 1. The molecule has 2 amide bonds. The lowest BCUT2D eigenvalue weighted by molar-refractivity contribution is -0.121. The Kier molecular flexibility index (Phi) is 4.42. The van der Waals surface area contributed by atoms with Gasteiger partial charge < -0.3 is 4.42 Å². The normalized spacial score (nSPS) is 10.1. The molecular weight excluding hydrogens is 280 g/mol. The van der Waals surface area contributed by atoms with Crippen LogP contribution in [0.25, 0.3) is 0 Å². The minimum absolute atomic E-state index is 0.0876. The second-order valence-electron chi connectivity index (χ2n) is 4.16. The smallest absolute Gasteiger partial charge is 0.273 e. The van der Waals surface area contributed by atoms with Crippen LogP contribution in [0.15, 0.2) is 41.0 Å². The molecule has 20 heavy (non-hydrogen) atoms. The zero-order valence-corrected chi connectivity index (χ0v) is 11.5. The Morgan fingerprint density at radius 2 is 1.95 bits per heavy atom. The Balaban J connectivity index is 1.89. The number of benzene rings is 1. The Morgan fingerprint density at radius 1 is 1.20 bits per heavy atom. The fourth-order valence-corrected chi connectivity index (χ4v) is 1.88. The predicted molar refractivity (Wildman–Crippen MR) is 74.2 cm³/mol. The number of amides is 2. The molecule has 0 aliphatic rings. The minimum Gasteiger partial charge on any atom is -0.469 e. The monoisotopic (exact) mass is 292 g/mol. The zero-order valence-electron chi connectivity index (χ0n) is 10.8. The van der Waals surface area contributed by atoms with Crippen molar-refractivity contribution in [3.63, 3.8) is 0 Å². The summed E-state index contributed by atoms with van der Waals surface area (Å²) >= 11 is 5.95. The SMILES string of the molecule is Cc1occc1C(=O)NNC(=O)Cc1ccccc1Cl. The van der Waals surface area contributed by atoms with Crippen LogP contribution in [0.1, 0.15) is 21.7 Å². The van der Waals surface area contributed by atoms with E-state index in [-0.39, 0.29) is 12.3 Å². The molecule has 5 nitrogen and oxygen atoms in total. The van der Waals surface area contributed by atoms with E-state index in [9.17, 15) is 9.59 Å². The van der Waals surface area contributed by atoms with Crippen molar-refractivity contribution in [2.24, 2.45) is 0 Å². The quantitative estimate of drug-likeness (QED) is 0.852. The summed E-state index contributed by atoms with van der Waals surface area (Å²) in [5.41, 5.74) is 5.73. The first kappa shape index (κ1) is 14.1. The summed E-state index contributed by atoms with van der Waals surface area (Å²) in [6.45, 7) is 1.67. The van der Waals surface area contributed by atoms with Crippen molar-refractivity contribution in [2.45, 2.75) is 13.3 Å². The summed E-state index contributed by atoms with van der Waals surface area (Å²) in [5.74, 6) is -0.292. The lowest BCUT2D eigenvalue weighted by Gasteiger charge is -2.07. The molecule has 2 rings (SSSR count). The van der Waals surface area contributed by atoms with Crippen molar-refractivity contribution in [3.05, 3.63) is 58.5 Å². The zero-order chi connectivity index (χ0) is 14.5. The van der Waals surface area contributed by atoms with E-state index < -0.39 is 5.91 Å². The van der Waals surface area contributed by atoms with Crippen molar-refractivity contribution >= 4 is 23.4 Å². The third-order valence-corrected chi connectivity index (χ3v) is 3.10. The molecule has 0 saturated carbocycles. The maximum atomic E-state index is 11.7. The van der Waals surface area contributed by atoms with Gasteiger partial charge in [-0.25, -0.2) is 0 Å². The standard InChI is InChI=1S/C14H13ClN2O3/c1-9-11(6-7-20-9)14(19)17-16-13(18)8-10-4-2-3-5-12(10)15/h2-7H,8H2,1H3,(H,16,18)(H,17,19). The van der Waals surface area contributed by atoms with Crippen molar-refractivity contribution in [2.75, 3.05) is 0 Å². The molecule has 0 saturated heterocycles. The number of carbonyl (C=O) groups excluding carboxylic acids is 2. The second-order valence-corrected chi connectivity index (χ2v) is 4.57. The van der Waals surface area contributed by atoms with E-state index in [1.165, 1.54) is 12.3 Å². The highest BCUT2D eigenvalue weighted by atomic mass is 35.5. The Morgan fingerprint density at radius 3 is 2.60 bits per heavy atom. The Bertz CT molecular complexity index is 637. The van der Waals surface area contributed by atoms with Crippen LogP contribution < -0.4 is 10.9 Å². The molecule has 1 aromatic carbocycles. The maximum absolute atomic E-state index is 11.7. The van der Waals surface area contributed by atoms with Crippen LogP contribution in [0.2, 0.25) is 5.02 Å². The average molecular weight is 293 g/mol. The summed E-state index contributed by atoms with van der Waals surface area (Å²) in [5, 5.41) is 0.514. The summed E-state index contributed by atoms with van der Waals surface area (Å²) in [4.78, 5) is 23.5. The topological polar surface area (TPSA) is 71.3 Å². The number of hydrogen-bond donors (Lipinski definition) is 2. The van der Waals surface area contributed by atoms with E-state index in [4.69, 9.17) is 16.0 Å². The van der Waals surface area contributed by atoms with Gasteiger partial charge in [-0.15, -0.1) is 0 Å². The largest absolute Gasteiger partial charge is 0.469 e. The van der Waals surface area contributed by atoms with Crippen molar-refractivity contribution < 1.29 is 14.0 Å². The number of halogens is 1. The molecule has 0 unspecified atom stereocenters. The van der Waals surface area contributed by atoms with Gasteiger partial charge in [0.05, 0.1) is 18.2 Å². The third-order valence-electron chi connectivity index (χ3n) is 2.73. The average Bonchev–Trinajstić information content (AvgIpc) is 2.85. The summed E-state index contributed by atoms with van der Waals surface area (Å²) in [7, 11) is 0. The van der Waals surface area contributed by atoms with Crippen LogP contribution in [0.5, 0.6) is 0 Å². The Hall–Kier alpha value is -2.27. The molecular formula is C14H13ClN2O3. The van der Waals surface area contributed by atoms with Gasteiger partial charge in [-0.1, -0.05) is 29.8 Å². The van der Waals surface area contributed by atoms with Gasteiger partial charge in [0.1, 0.15) is 5.76 Å². The molecule has 0 aliphatic carbocycles. The van der Waals surface area contributed by atoms with Crippen LogP contribution in [-0.4, -0.2) is 11.8 Å². The molecule has 0 fully saturated rings. The molecule has 1 aromatic heterocycles.